The second kappa shape index (κ2) is 14.2. The molecule has 0 bridgehead atoms. The fourth-order valence-electron chi connectivity index (χ4n) is 2.15. The van der Waals surface area contributed by atoms with Gasteiger partial charge in [0.2, 0.25) is 0 Å². The number of aliphatic hydroxyl groups excluding tert-OH is 3. The van der Waals surface area contributed by atoms with Crippen molar-refractivity contribution in [1.82, 2.24) is 0 Å². The molecule has 0 saturated carbocycles. The lowest BCUT2D eigenvalue weighted by molar-refractivity contribution is -0.162. The third-order valence-corrected chi connectivity index (χ3v) is 3.54. The predicted molar refractivity (Wildman–Crippen MR) is 88.2 cm³/mol. The number of esters is 2. The molecule has 0 aromatic heterocycles. The van der Waals surface area contributed by atoms with Gasteiger partial charge in [-0.1, -0.05) is 26.7 Å². The first-order valence-electron chi connectivity index (χ1n) is 8.74. The Kier molecular flexibility index (Phi) is 13.5. The van der Waals surface area contributed by atoms with E-state index in [1.807, 2.05) is 13.8 Å². The second-order valence-corrected chi connectivity index (χ2v) is 5.94. The summed E-state index contributed by atoms with van der Waals surface area (Å²) in [6, 6.07) is 0. The first-order chi connectivity index (χ1) is 11.4. The van der Waals surface area contributed by atoms with Crippen molar-refractivity contribution in [2.24, 2.45) is 0 Å². The summed E-state index contributed by atoms with van der Waals surface area (Å²) >= 11 is 0. The van der Waals surface area contributed by atoms with Gasteiger partial charge in [0.1, 0.15) is 6.61 Å². The Bertz CT molecular complexity index is 346. The van der Waals surface area contributed by atoms with Gasteiger partial charge in [0.15, 0.2) is 6.10 Å². The molecule has 0 rings (SSSR count). The predicted octanol–water partition coefficient (Wildman–Crippen LogP) is 1.32. The van der Waals surface area contributed by atoms with E-state index in [1.54, 1.807) is 0 Å². The molecule has 0 aliphatic heterocycles. The molecule has 142 valence electrons. The number of hydrogen-bond donors (Lipinski definition) is 3. The molecule has 3 N–H and O–H groups in total. The summed E-state index contributed by atoms with van der Waals surface area (Å²) in [5.74, 6) is -1.04. The quantitative estimate of drug-likeness (QED) is 0.406. The number of rotatable bonds is 14. The van der Waals surface area contributed by atoms with E-state index < -0.39 is 36.9 Å². The molecular weight excluding hydrogens is 316 g/mol. The molecule has 0 aromatic carbocycles. The van der Waals surface area contributed by atoms with Crippen molar-refractivity contribution >= 4 is 11.9 Å². The van der Waals surface area contributed by atoms with Gasteiger partial charge in [-0.2, -0.15) is 0 Å². The molecule has 0 amide bonds. The molecule has 0 aliphatic rings. The topological polar surface area (TPSA) is 113 Å². The Morgan fingerprint density at radius 1 is 0.875 bits per heavy atom. The first kappa shape index (κ1) is 22.8. The van der Waals surface area contributed by atoms with Crippen molar-refractivity contribution in [3.8, 4) is 0 Å². The molecule has 0 fully saturated rings. The molecule has 0 heterocycles. The molecule has 0 saturated heterocycles. The number of ether oxygens (including phenoxy) is 2. The van der Waals surface area contributed by atoms with Gasteiger partial charge < -0.3 is 24.8 Å². The van der Waals surface area contributed by atoms with Gasteiger partial charge in [0.05, 0.1) is 18.8 Å². The molecule has 0 radical (unpaired) electrons. The van der Waals surface area contributed by atoms with Crippen molar-refractivity contribution in [3.63, 3.8) is 0 Å². The smallest absolute Gasteiger partial charge is 0.306 e. The third kappa shape index (κ3) is 12.3. The van der Waals surface area contributed by atoms with Crippen LogP contribution in [0, 0.1) is 0 Å². The van der Waals surface area contributed by atoms with Gasteiger partial charge in [0.25, 0.3) is 0 Å². The molecular formula is C17H32O7. The number of carbonyl (C=O) groups excluding carboxylic acids is 2. The third-order valence-electron chi connectivity index (χ3n) is 3.54. The summed E-state index contributed by atoms with van der Waals surface area (Å²) in [5.41, 5.74) is 0. The van der Waals surface area contributed by atoms with Crippen LogP contribution in [0.15, 0.2) is 0 Å². The van der Waals surface area contributed by atoms with E-state index in [9.17, 15) is 24.9 Å². The van der Waals surface area contributed by atoms with Crippen LogP contribution in [0.25, 0.3) is 0 Å². The van der Waals surface area contributed by atoms with Gasteiger partial charge >= 0.3 is 11.9 Å². The lowest BCUT2D eigenvalue weighted by atomic mass is 10.1. The molecule has 3 atom stereocenters. The standard InChI is InChI=1S/C17H32O7/c1-3-5-13(19)7-9-16(21)23-12-15(11-18)24-17(22)10-8-14(20)6-4-2/h13-15,18-20H,3-12H2,1-2H3. The molecule has 0 aromatic rings. The average Bonchev–Trinajstić information content (AvgIpc) is 2.55. The highest BCUT2D eigenvalue weighted by Gasteiger charge is 2.17. The van der Waals surface area contributed by atoms with Crippen molar-refractivity contribution in [2.75, 3.05) is 13.2 Å². The van der Waals surface area contributed by atoms with Gasteiger partial charge in [-0.15, -0.1) is 0 Å². The Balaban J connectivity index is 3.96. The zero-order valence-electron chi connectivity index (χ0n) is 14.8. The van der Waals surface area contributed by atoms with Crippen LogP contribution >= 0.6 is 0 Å². The van der Waals surface area contributed by atoms with Crippen molar-refractivity contribution in [1.29, 1.82) is 0 Å². The maximum atomic E-state index is 11.6. The minimum Gasteiger partial charge on any atom is -0.462 e. The number of carbonyl (C=O) groups is 2. The molecule has 24 heavy (non-hydrogen) atoms. The van der Waals surface area contributed by atoms with Crippen LogP contribution in [0.2, 0.25) is 0 Å². The van der Waals surface area contributed by atoms with E-state index in [4.69, 9.17) is 9.47 Å². The average molecular weight is 348 g/mol. The summed E-state index contributed by atoms with van der Waals surface area (Å²) in [6.07, 6.45) is 1.71. The maximum absolute atomic E-state index is 11.6. The van der Waals surface area contributed by atoms with Crippen LogP contribution in [0.4, 0.5) is 0 Å². The van der Waals surface area contributed by atoms with E-state index in [0.717, 1.165) is 12.8 Å². The monoisotopic (exact) mass is 348 g/mol. The van der Waals surface area contributed by atoms with Crippen LogP contribution in [0.3, 0.4) is 0 Å². The van der Waals surface area contributed by atoms with Crippen LogP contribution in [0.1, 0.15) is 65.2 Å². The van der Waals surface area contributed by atoms with E-state index in [1.165, 1.54) is 0 Å². The highest BCUT2D eigenvalue weighted by Crippen LogP contribution is 2.08. The molecule has 0 aliphatic carbocycles. The highest BCUT2D eigenvalue weighted by atomic mass is 16.6. The molecule has 7 heteroatoms. The van der Waals surface area contributed by atoms with Gasteiger partial charge in [-0.3, -0.25) is 9.59 Å². The minimum absolute atomic E-state index is 0.0504. The normalized spacial score (nSPS) is 14.7. The van der Waals surface area contributed by atoms with Crippen LogP contribution in [0.5, 0.6) is 0 Å². The zero-order valence-corrected chi connectivity index (χ0v) is 14.8. The van der Waals surface area contributed by atoms with E-state index in [2.05, 4.69) is 0 Å². The first-order valence-corrected chi connectivity index (χ1v) is 8.74. The SMILES string of the molecule is CCCC(O)CCC(=O)OCC(CO)OC(=O)CCC(O)CCC. The van der Waals surface area contributed by atoms with Crippen molar-refractivity contribution < 1.29 is 34.4 Å². The van der Waals surface area contributed by atoms with Crippen LogP contribution in [-0.2, 0) is 19.1 Å². The van der Waals surface area contributed by atoms with Crippen LogP contribution < -0.4 is 0 Å². The van der Waals surface area contributed by atoms with E-state index in [-0.39, 0.29) is 19.4 Å². The summed E-state index contributed by atoms with van der Waals surface area (Å²) in [5, 5.41) is 28.3. The lowest BCUT2D eigenvalue weighted by Gasteiger charge is -2.16. The molecule has 7 nitrogen and oxygen atoms in total. The fraction of sp³-hybridized carbons (Fsp3) is 0.882. The molecule has 0 spiro atoms. The summed E-state index contributed by atoms with van der Waals surface area (Å²) in [6.45, 7) is 3.22. The minimum atomic E-state index is -0.912. The van der Waals surface area contributed by atoms with E-state index >= 15 is 0 Å². The van der Waals surface area contributed by atoms with Crippen molar-refractivity contribution in [2.45, 2.75) is 83.5 Å². The fourth-order valence-corrected chi connectivity index (χ4v) is 2.15. The maximum Gasteiger partial charge on any atom is 0.306 e. The van der Waals surface area contributed by atoms with Gasteiger partial charge in [-0.05, 0) is 25.7 Å². The summed E-state index contributed by atoms with van der Waals surface area (Å²) < 4.78 is 9.97. The summed E-state index contributed by atoms with van der Waals surface area (Å²) in [7, 11) is 0. The highest BCUT2D eigenvalue weighted by molar-refractivity contribution is 5.70. The Hall–Kier alpha value is -1.18. The number of hydrogen-bond acceptors (Lipinski definition) is 7. The number of aliphatic hydroxyl groups is 3. The summed E-state index contributed by atoms with van der Waals surface area (Å²) in [4.78, 5) is 23.2. The Morgan fingerprint density at radius 2 is 1.38 bits per heavy atom. The second-order valence-electron chi connectivity index (χ2n) is 5.94. The van der Waals surface area contributed by atoms with Gasteiger partial charge in [-0.25, -0.2) is 0 Å². The molecule has 3 unspecified atom stereocenters. The van der Waals surface area contributed by atoms with Crippen molar-refractivity contribution in [3.05, 3.63) is 0 Å². The Labute approximate surface area is 144 Å². The van der Waals surface area contributed by atoms with Crippen LogP contribution in [-0.4, -0.2) is 58.8 Å². The Morgan fingerprint density at radius 3 is 1.83 bits per heavy atom. The largest absolute Gasteiger partial charge is 0.462 e. The van der Waals surface area contributed by atoms with E-state index in [0.29, 0.717) is 25.7 Å². The van der Waals surface area contributed by atoms with Gasteiger partial charge in [0, 0.05) is 12.8 Å². The lowest BCUT2D eigenvalue weighted by Crippen LogP contribution is -2.29. The zero-order chi connectivity index (χ0) is 18.4.